The number of carbonyl (C=O) groups is 1. The molecule has 2 aromatic rings. The Morgan fingerprint density at radius 1 is 1.34 bits per heavy atom. The number of allylic oxidation sites excluding steroid dienone is 1. The lowest BCUT2D eigenvalue weighted by atomic mass is 9.86. The van der Waals surface area contributed by atoms with Crippen molar-refractivity contribution in [3.8, 4) is 17.1 Å². The second-order valence-corrected chi connectivity index (χ2v) is 8.88. The van der Waals surface area contributed by atoms with Gasteiger partial charge in [0.05, 0.1) is 12.4 Å². The topological polar surface area (TPSA) is 69.0 Å². The molecule has 1 aliphatic carbocycles. The summed E-state index contributed by atoms with van der Waals surface area (Å²) < 4.78 is 7.22. The molecule has 156 valence electrons. The summed E-state index contributed by atoms with van der Waals surface area (Å²) in [4.78, 5) is 12.8. The number of nitrogens with zero attached hydrogens (tertiary/aromatic N) is 3. The average Bonchev–Trinajstić information content (AvgIpc) is 3.12. The van der Waals surface area contributed by atoms with Gasteiger partial charge < -0.3 is 10.1 Å². The molecule has 0 aliphatic heterocycles. The smallest absolute Gasteiger partial charge is 0.233 e. The van der Waals surface area contributed by atoms with Crippen molar-refractivity contribution in [1.82, 2.24) is 20.1 Å². The maximum absolute atomic E-state index is 12.8. The Balaban J connectivity index is 1.73. The number of thioether (sulfide) groups is 1. The quantitative estimate of drug-likeness (QED) is 0.515. The van der Waals surface area contributed by atoms with E-state index < -0.39 is 0 Å². The molecule has 0 bridgehead atoms. The third-order valence-corrected chi connectivity index (χ3v) is 6.55. The fourth-order valence-corrected chi connectivity index (χ4v) is 4.53. The van der Waals surface area contributed by atoms with E-state index in [1.54, 1.807) is 7.11 Å². The van der Waals surface area contributed by atoms with Gasteiger partial charge in [0.2, 0.25) is 5.91 Å². The molecule has 1 aromatic heterocycles. The van der Waals surface area contributed by atoms with Crippen molar-refractivity contribution in [2.24, 2.45) is 5.92 Å². The molecule has 6 nitrogen and oxygen atoms in total. The normalized spacial score (nSPS) is 20.1. The summed E-state index contributed by atoms with van der Waals surface area (Å²) >= 11 is 1.44. The summed E-state index contributed by atoms with van der Waals surface area (Å²) in [6, 6.07) is 7.99. The van der Waals surface area contributed by atoms with Crippen LogP contribution in [0.25, 0.3) is 11.4 Å². The van der Waals surface area contributed by atoms with Crippen LogP contribution in [0.5, 0.6) is 5.75 Å². The number of benzene rings is 1. The summed E-state index contributed by atoms with van der Waals surface area (Å²) in [6.07, 6.45) is 6.52. The van der Waals surface area contributed by atoms with E-state index in [0.29, 0.717) is 12.5 Å². The molecule has 1 N–H and O–H groups in total. The van der Waals surface area contributed by atoms with E-state index in [2.05, 4.69) is 29.0 Å². The van der Waals surface area contributed by atoms with Gasteiger partial charge >= 0.3 is 0 Å². The molecule has 7 heteroatoms. The third kappa shape index (κ3) is 5.21. The van der Waals surface area contributed by atoms with Crippen molar-refractivity contribution in [2.75, 3.05) is 7.11 Å². The van der Waals surface area contributed by atoms with Gasteiger partial charge in [0.1, 0.15) is 5.75 Å². The lowest BCUT2D eigenvalue weighted by Gasteiger charge is -2.30. The van der Waals surface area contributed by atoms with Crippen molar-refractivity contribution in [1.29, 1.82) is 0 Å². The second-order valence-electron chi connectivity index (χ2n) is 7.57. The first-order chi connectivity index (χ1) is 14.0. The number of aromatic nitrogens is 3. The molecule has 1 saturated carbocycles. The minimum absolute atomic E-state index is 0.0629. The lowest BCUT2D eigenvalue weighted by molar-refractivity contribution is -0.121. The zero-order valence-corrected chi connectivity index (χ0v) is 18.2. The molecule has 1 aliphatic rings. The van der Waals surface area contributed by atoms with Crippen molar-refractivity contribution >= 4 is 17.7 Å². The Hall–Kier alpha value is -2.28. The Labute approximate surface area is 177 Å². The van der Waals surface area contributed by atoms with Crippen LogP contribution in [-0.4, -0.2) is 39.1 Å². The minimum atomic E-state index is -0.249. The predicted molar refractivity (Wildman–Crippen MR) is 117 cm³/mol. The van der Waals surface area contributed by atoms with E-state index in [1.165, 1.54) is 31.0 Å². The van der Waals surface area contributed by atoms with E-state index in [-0.39, 0.29) is 17.2 Å². The van der Waals surface area contributed by atoms with Gasteiger partial charge in [0.15, 0.2) is 11.0 Å². The molecular weight excluding hydrogens is 384 g/mol. The van der Waals surface area contributed by atoms with E-state index in [4.69, 9.17) is 4.74 Å². The van der Waals surface area contributed by atoms with Crippen LogP contribution < -0.4 is 10.1 Å². The number of methoxy groups -OCH3 is 1. The van der Waals surface area contributed by atoms with Crippen molar-refractivity contribution < 1.29 is 9.53 Å². The summed E-state index contributed by atoms with van der Waals surface area (Å²) in [5.41, 5.74) is 0.945. The van der Waals surface area contributed by atoms with E-state index in [9.17, 15) is 4.79 Å². The molecule has 0 radical (unpaired) electrons. The summed E-state index contributed by atoms with van der Waals surface area (Å²) in [5, 5.41) is 12.4. The van der Waals surface area contributed by atoms with Gasteiger partial charge in [-0.2, -0.15) is 0 Å². The summed E-state index contributed by atoms with van der Waals surface area (Å²) in [7, 11) is 1.64. The maximum atomic E-state index is 12.8. The van der Waals surface area contributed by atoms with Gasteiger partial charge in [0, 0.05) is 18.2 Å². The molecule has 3 rings (SSSR count). The van der Waals surface area contributed by atoms with Gasteiger partial charge in [-0.25, -0.2) is 0 Å². The Morgan fingerprint density at radius 3 is 2.72 bits per heavy atom. The number of amides is 1. The zero-order valence-electron chi connectivity index (χ0n) is 17.4. The van der Waals surface area contributed by atoms with Crippen LogP contribution in [0.4, 0.5) is 0 Å². The molecule has 1 amide bonds. The molecule has 0 spiro atoms. The fraction of sp³-hybridized carbons (Fsp3) is 0.500. The van der Waals surface area contributed by atoms with Crippen LogP contribution >= 0.6 is 11.8 Å². The zero-order chi connectivity index (χ0) is 20.8. The largest absolute Gasteiger partial charge is 0.497 e. The SMILES string of the molecule is C=CCn1c(S[C@H](C)C(=O)N[C@@H]2CCCC[C@H]2C)nnc1-c1ccc(OC)cc1. The second kappa shape index (κ2) is 9.96. The molecule has 29 heavy (non-hydrogen) atoms. The highest BCUT2D eigenvalue weighted by molar-refractivity contribution is 8.00. The predicted octanol–water partition coefficient (Wildman–Crippen LogP) is 4.32. The van der Waals surface area contributed by atoms with Crippen LogP contribution in [0.15, 0.2) is 42.1 Å². The molecule has 0 saturated heterocycles. The van der Waals surface area contributed by atoms with Crippen LogP contribution in [0, 0.1) is 5.92 Å². The minimum Gasteiger partial charge on any atom is -0.497 e. The van der Waals surface area contributed by atoms with Crippen LogP contribution in [0.2, 0.25) is 0 Å². The first kappa shape index (κ1) is 21.4. The van der Waals surface area contributed by atoms with E-state index in [0.717, 1.165) is 28.7 Å². The number of hydrogen-bond acceptors (Lipinski definition) is 5. The van der Waals surface area contributed by atoms with Crippen molar-refractivity contribution in [3.63, 3.8) is 0 Å². The number of hydrogen-bond donors (Lipinski definition) is 1. The van der Waals surface area contributed by atoms with Crippen LogP contribution in [0.3, 0.4) is 0 Å². The van der Waals surface area contributed by atoms with Crippen LogP contribution in [-0.2, 0) is 11.3 Å². The third-order valence-electron chi connectivity index (χ3n) is 5.47. The number of carbonyl (C=O) groups excluding carboxylic acids is 1. The van der Waals surface area contributed by atoms with E-state index >= 15 is 0 Å². The van der Waals surface area contributed by atoms with Crippen molar-refractivity contribution in [3.05, 3.63) is 36.9 Å². The van der Waals surface area contributed by atoms with Crippen LogP contribution in [0.1, 0.15) is 39.5 Å². The fourth-order valence-electron chi connectivity index (χ4n) is 3.67. The highest BCUT2D eigenvalue weighted by Gasteiger charge is 2.26. The molecule has 1 heterocycles. The highest BCUT2D eigenvalue weighted by Crippen LogP contribution is 2.29. The molecule has 1 aromatic carbocycles. The summed E-state index contributed by atoms with van der Waals surface area (Å²) in [6.45, 7) is 8.58. The van der Waals surface area contributed by atoms with Gasteiger partial charge in [0.25, 0.3) is 0 Å². The first-order valence-corrected chi connectivity index (χ1v) is 11.1. The average molecular weight is 415 g/mol. The molecule has 3 atom stereocenters. The Morgan fingerprint density at radius 2 is 2.07 bits per heavy atom. The molecule has 0 unspecified atom stereocenters. The van der Waals surface area contributed by atoms with Gasteiger partial charge in [-0.3, -0.25) is 9.36 Å². The molecular formula is C22H30N4O2S. The van der Waals surface area contributed by atoms with E-state index in [1.807, 2.05) is 41.8 Å². The standard InChI is InChI=1S/C22H30N4O2S/c1-5-14-26-20(17-10-12-18(28-4)13-11-17)24-25-22(26)29-16(3)21(27)23-19-9-7-6-8-15(19)2/h5,10-13,15-16,19H,1,6-9,14H2,2-4H3,(H,23,27)/t15-,16-,19-/m1/s1. The number of rotatable bonds is 8. The van der Waals surface area contributed by atoms with Gasteiger partial charge in [-0.15, -0.1) is 16.8 Å². The van der Waals surface area contributed by atoms with Crippen molar-refractivity contribution in [2.45, 2.75) is 62.5 Å². The monoisotopic (exact) mass is 414 g/mol. The lowest BCUT2D eigenvalue weighted by Crippen LogP contribution is -2.44. The number of nitrogens with one attached hydrogen (secondary N) is 1. The van der Waals surface area contributed by atoms with Gasteiger partial charge in [-0.1, -0.05) is 37.6 Å². The summed E-state index contributed by atoms with van der Waals surface area (Å²) in [5.74, 6) is 2.15. The molecule has 1 fully saturated rings. The maximum Gasteiger partial charge on any atom is 0.233 e. The Bertz CT molecular complexity index is 834. The van der Waals surface area contributed by atoms with Gasteiger partial charge in [-0.05, 0) is 49.9 Å². The first-order valence-electron chi connectivity index (χ1n) is 10.2. The number of ether oxygens (including phenoxy) is 1. The highest BCUT2D eigenvalue weighted by atomic mass is 32.2. The Kier molecular flexibility index (Phi) is 7.36.